The minimum absolute atomic E-state index is 0.108. The zero-order valence-corrected chi connectivity index (χ0v) is 10.5. The van der Waals surface area contributed by atoms with Gasteiger partial charge in [-0.05, 0) is 36.2 Å². The van der Waals surface area contributed by atoms with Crippen LogP contribution in [0.25, 0.3) is 0 Å². The van der Waals surface area contributed by atoms with Crippen LogP contribution >= 0.6 is 11.3 Å². The van der Waals surface area contributed by atoms with Crippen LogP contribution in [-0.4, -0.2) is 30.9 Å². The van der Waals surface area contributed by atoms with Gasteiger partial charge in [0.1, 0.15) is 0 Å². The molecule has 0 radical (unpaired) electrons. The fraction of sp³-hybridized carbons (Fsp3) is 0.545. The summed E-state index contributed by atoms with van der Waals surface area (Å²) in [6, 6.07) is 2.15. The molecular weight excluding hydrogens is 208 g/mol. The predicted molar refractivity (Wildman–Crippen MR) is 64.0 cm³/mol. The zero-order chi connectivity index (χ0) is 11.4. The molecule has 0 aliphatic rings. The van der Waals surface area contributed by atoms with Crippen LogP contribution in [0.3, 0.4) is 0 Å². The number of nitrogens with zero attached hydrogens (tertiary/aromatic N) is 1. The lowest BCUT2D eigenvalue weighted by atomic mass is 10.1. The van der Waals surface area contributed by atoms with Crippen molar-refractivity contribution >= 4 is 17.2 Å². The quantitative estimate of drug-likeness (QED) is 0.850. The maximum absolute atomic E-state index is 11.6. The maximum atomic E-state index is 11.6. The smallest absolute Gasteiger partial charge is 0.238 e. The van der Waals surface area contributed by atoms with Gasteiger partial charge in [0.15, 0.2) is 0 Å². The molecule has 0 bridgehead atoms. The highest BCUT2D eigenvalue weighted by atomic mass is 32.1. The van der Waals surface area contributed by atoms with Crippen molar-refractivity contribution in [2.45, 2.75) is 25.9 Å². The van der Waals surface area contributed by atoms with Gasteiger partial charge in [-0.15, -0.1) is 0 Å². The number of carbonyl (C=O) groups excluding carboxylic acids is 1. The molecule has 0 fully saturated rings. The minimum atomic E-state index is -0.144. The highest BCUT2D eigenvalue weighted by Crippen LogP contribution is 2.16. The molecule has 1 aromatic rings. The van der Waals surface area contributed by atoms with E-state index >= 15 is 0 Å². The Hall–Kier alpha value is -0.870. The van der Waals surface area contributed by atoms with E-state index in [-0.39, 0.29) is 18.0 Å². The molecule has 0 spiro atoms. The summed E-state index contributed by atoms with van der Waals surface area (Å²) in [5.41, 5.74) is 1.23. The van der Waals surface area contributed by atoms with Crippen molar-refractivity contribution in [2.75, 3.05) is 14.1 Å². The average Bonchev–Trinajstić information content (AvgIpc) is 2.68. The van der Waals surface area contributed by atoms with Crippen molar-refractivity contribution in [1.82, 2.24) is 10.2 Å². The number of hydrogen-bond acceptors (Lipinski definition) is 3. The van der Waals surface area contributed by atoms with Gasteiger partial charge in [-0.25, -0.2) is 0 Å². The molecular formula is C11H18N2OS. The number of amides is 1. The van der Waals surface area contributed by atoms with Gasteiger partial charge in [0.05, 0.1) is 6.04 Å². The summed E-state index contributed by atoms with van der Waals surface area (Å²) >= 11 is 1.67. The number of nitrogens with one attached hydrogen (secondary N) is 1. The average molecular weight is 226 g/mol. The van der Waals surface area contributed by atoms with Gasteiger partial charge < -0.3 is 4.90 Å². The van der Waals surface area contributed by atoms with Crippen LogP contribution in [0.15, 0.2) is 16.8 Å². The lowest BCUT2D eigenvalue weighted by molar-refractivity contribution is -0.130. The van der Waals surface area contributed by atoms with Crippen molar-refractivity contribution in [1.29, 1.82) is 0 Å². The largest absolute Gasteiger partial charge is 0.347 e. The van der Waals surface area contributed by atoms with E-state index in [1.165, 1.54) is 5.56 Å². The summed E-state index contributed by atoms with van der Waals surface area (Å²) in [7, 11) is 3.55. The summed E-state index contributed by atoms with van der Waals surface area (Å²) in [4.78, 5) is 13.2. The standard InChI is InChI=1S/C11H18N2OS/c1-8(10-5-6-15-7-10)12-9(2)11(14)13(3)4/h5-9,12H,1-4H3. The van der Waals surface area contributed by atoms with Gasteiger partial charge in [-0.1, -0.05) is 0 Å². The van der Waals surface area contributed by atoms with Crippen LogP contribution in [0, 0.1) is 0 Å². The summed E-state index contributed by atoms with van der Waals surface area (Å²) in [6.45, 7) is 3.96. The summed E-state index contributed by atoms with van der Waals surface area (Å²) in [5, 5.41) is 7.43. The summed E-state index contributed by atoms with van der Waals surface area (Å²) in [5.74, 6) is 0.108. The molecule has 0 saturated heterocycles. The Bertz CT molecular complexity index is 308. The third-order valence-corrected chi connectivity index (χ3v) is 3.06. The third kappa shape index (κ3) is 3.32. The van der Waals surface area contributed by atoms with E-state index in [4.69, 9.17) is 0 Å². The number of thiophene rings is 1. The first kappa shape index (κ1) is 12.2. The first-order valence-electron chi connectivity index (χ1n) is 5.01. The van der Waals surface area contributed by atoms with E-state index in [2.05, 4.69) is 23.7 Å². The SMILES string of the molecule is CC(NC(C)c1ccsc1)C(=O)N(C)C. The highest BCUT2D eigenvalue weighted by Gasteiger charge is 2.17. The molecule has 1 heterocycles. The van der Waals surface area contributed by atoms with Gasteiger partial charge in [-0.3, -0.25) is 10.1 Å². The van der Waals surface area contributed by atoms with Crippen LogP contribution < -0.4 is 5.32 Å². The van der Waals surface area contributed by atoms with Gasteiger partial charge in [0, 0.05) is 20.1 Å². The Labute approximate surface area is 95.1 Å². The Morgan fingerprint density at radius 2 is 2.13 bits per heavy atom. The second-order valence-corrected chi connectivity index (χ2v) is 4.68. The number of likely N-dealkylation sites (N-methyl/N-ethyl adjacent to an activating group) is 1. The van der Waals surface area contributed by atoms with Crippen molar-refractivity contribution in [3.8, 4) is 0 Å². The van der Waals surface area contributed by atoms with E-state index in [1.54, 1.807) is 30.3 Å². The Balaban J connectivity index is 2.52. The number of hydrogen-bond donors (Lipinski definition) is 1. The predicted octanol–water partition coefficient (Wildman–Crippen LogP) is 1.88. The maximum Gasteiger partial charge on any atom is 0.238 e. The number of rotatable bonds is 4. The molecule has 3 nitrogen and oxygen atoms in total. The second kappa shape index (κ2) is 5.28. The second-order valence-electron chi connectivity index (χ2n) is 3.90. The van der Waals surface area contributed by atoms with Crippen LogP contribution in [0.4, 0.5) is 0 Å². The monoisotopic (exact) mass is 226 g/mol. The molecule has 84 valence electrons. The van der Waals surface area contributed by atoms with Crippen molar-refractivity contribution in [3.63, 3.8) is 0 Å². The molecule has 1 rings (SSSR count). The normalized spacial score (nSPS) is 14.7. The minimum Gasteiger partial charge on any atom is -0.347 e. The molecule has 1 aromatic heterocycles. The van der Waals surface area contributed by atoms with Gasteiger partial charge in [-0.2, -0.15) is 11.3 Å². The van der Waals surface area contributed by atoms with Crippen molar-refractivity contribution < 1.29 is 4.79 Å². The first-order chi connectivity index (χ1) is 7.02. The van der Waals surface area contributed by atoms with Gasteiger partial charge in [0.2, 0.25) is 5.91 Å². The molecule has 0 saturated carbocycles. The van der Waals surface area contributed by atoms with E-state index in [9.17, 15) is 4.79 Å². The molecule has 1 amide bonds. The molecule has 4 heteroatoms. The topological polar surface area (TPSA) is 32.3 Å². The molecule has 0 aliphatic heterocycles. The van der Waals surface area contributed by atoms with Crippen LogP contribution in [0.2, 0.25) is 0 Å². The van der Waals surface area contributed by atoms with Gasteiger partial charge in [0.25, 0.3) is 0 Å². The van der Waals surface area contributed by atoms with Crippen molar-refractivity contribution in [2.24, 2.45) is 0 Å². The van der Waals surface area contributed by atoms with E-state index in [1.807, 2.05) is 12.3 Å². The summed E-state index contributed by atoms with van der Waals surface area (Å²) < 4.78 is 0. The van der Waals surface area contributed by atoms with Crippen molar-refractivity contribution in [3.05, 3.63) is 22.4 Å². The Morgan fingerprint density at radius 3 is 2.60 bits per heavy atom. The lowest BCUT2D eigenvalue weighted by Crippen LogP contribution is -2.42. The molecule has 2 unspecified atom stereocenters. The lowest BCUT2D eigenvalue weighted by Gasteiger charge is -2.21. The van der Waals surface area contributed by atoms with E-state index < -0.39 is 0 Å². The molecule has 2 atom stereocenters. The number of carbonyl (C=O) groups is 1. The van der Waals surface area contributed by atoms with E-state index in [0.717, 1.165) is 0 Å². The zero-order valence-electron chi connectivity index (χ0n) is 9.65. The van der Waals surface area contributed by atoms with E-state index in [0.29, 0.717) is 0 Å². The Kier molecular flexibility index (Phi) is 4.29. The first-order valence-corrected chi connectivity index (χ1v) is 5.96. The highest BCUT2D eigenvalue weighted by molar-refractivity contribution is 7.07. The third-order valence-electron chi connectivity index (χ3n) is 2.35. The fourth-order valence-electron chi connectivity index (χ4n) is 1.45. The van der Waals surface area contributed by atoms with Crippen LogP contribution in [0.1, 0.15) is 25.5 Å². The van der Waals surface area contributed by atoms with Crippen LogP contribution in [-0.2, 0) is 4.79 Å². The van der Waals surface area contributed by atoms with Crippen LogP contribution in [0.5, 0.6) is 0 Å². The molecule has 0 aliphatic carbocycles. The molecule has 15 heavy (non-hydrogen) atoms. The summed E-state index contributed by atoms with van der Waals surface area (Å²) in [6.07, 6.45) is 0. The van der Waals surface area contributed by atoms with Gasteiger partial charge >= 0.3 is 0 Å². The molecule has 1 N–H and O–H groups in total. The molecule has 0 aromatic carbocycles. The Morgan fingerprint density at radius 1 is 1.47 bits per heavy atom. The fourth-order valence-corrected chi connectivity index (χ4v) is 2.21.